The molecule has 1 aromatic carbocycles. The van der Waals surface area contributed by atoms with Crippen molar-refractivity contribution >= 4 is 16.0 Å². The Bertz CT molecular complexity index is 701. The Kier molecular flexibility index (Phi) is 4.91. The summed E-state index contributed by atoms with van der Waals surface area (Å²) in [6.07, 6.45) is 2.64. The molecule has 132 valence electrons. The lowest BCUT2D eigenvalue weighted by Crippen LogP contribution is -2.43. The number of hydrogen-bond acceptors (Lipinski definition) is 6. The lowest BCUT2D eigenvalue weighted by Gasteiger charge is -2.35. The standard InChI is InChI=1S/C16H21NO6S/c1-21-15(18)12-3-2-4-14(11-12)24(19,20)17-13-5-7-16(8-6-13)22-9-10-23-16/h2-4,11,13,17H,5-10H2,1H3. The molecule has 7 nitrogen and oxygen atoms in total. The number of nitrogens with one attached hydrogen (secondary N) is 1. The number of esters is 1. The van der Waals surface area contributed by atoms with Gasteiger partial charge in [-0.3, -0.25) is 0 Å². The Morgan fingerprint density at radius 1 is 1.25 bits per heavy atom. The Morgan fingerprint density at radius 2 is 1.92 bits per heavy atom. The van der Waals surface area contributed by atoms with Gasteiger partial charge in [0.1, 0.15) is 0 Å². The minimum absolute atomic E-state index is 0.0547. The van der Waals surface area contributed by atoms with E-state index in [4.69, 9.17) is 9.47 Å². The van der Waals surface area contributed by atoms with Crippen LogP contribution in [0.5, 0.6) is 0 Å². The first kappa shape index (κ1) is 17.3. The van der Waals surface area contributed by atoms with E-state index in [1.807, 2.05) is 0 Å². The van der Waals surface area contributed by atoms with Crippen molar-refractivity contribution in [2.45, 2.75) is 42.4 Å². The van der Waals surface area contributed by atoms with Crippen molar-refractivity contribution < 1.29 is 27.4 Å². The van der Waals surface area contributed by atoms with E-state index in [0.717, 1.165) is 0 Å². The van der Waals surface area contributed by atoms with E-state index in [2.05, 4.69) is 9.46 Å². The monoisotopic (exact) mass is 355 g/mol. The molecular formula is C16H21NO6S. The van der Waals surface area contributed by atoms with Gasteiger partial charge in [-0.05, 0) is 31.0 Å². The summed E-state index contributed by atoms with van der Waals surface area (Å²) in [5.41, 5.74) is 0.204. The number of benzene rings is 1. The fraction of sp³-hybridized carbons (Fsp3) is 0.562. The fourth-order valence-corrected chi connectivity index (χ4v) is 4.51. The highest BCUT2D eigenvalue weighted by molar-refractivity contribution is 7.89. The van der Waals surface area contributed by atoms with Gasteiger partial charge in [-0.1, -0.05) is 6.07 Å². The summed E-state index contributed by atoms with van der Waals surface area (Å²) in [6.45, 7) is 1.19. The van der Waals surface area contributed by atoms with E-state index in [0.29, 0.717) is 38.9 Å². The number of carbonyl (C=O) groups excluding carboxylic acids is 1. The number of hydrogen-bond donors (Lipinski definition) is 1. The van der Waals surface area contributed by atoms with Crippen LogP contribution in [0, 0.1) is 0 Å². The lowest BCUT2D eigenvalue weighted by molar-refractivity contribution is -0.178. The quantitative estimate of drug-likeness (QED) is 0.822. The van der Waals surface area contributed by atoms with E-state index in [1.165, 1.54) is 31.4 Å². The molecular weight excluding hydrogens is 334 g/mol. The molecule has 8 heteroatoms. The summed E-state index contributed by atoms with van der Waals surface area (Å²) in [5.74, 6) is -1.09. The van der Waals surface area contributed by atoms with Crippen LogP contribution in [0.4, 0.5) is 0 Å². The molecule has 2 aliphatic rings. The summed E-state index contributed by atoms with van der Waals surface area (Å²) in [5, 5.41) is 0. The van der Waals surface area contributed by atoms with Crippen LogP contribution in [0.3, 0.4) is 0 Å². The van der Waals surface area contributed by atoms with Crippen LogP contribution in [-0.2, 0) is 24.2 Å². The first-order chi connectivity index (χ1) is 11.4. The normalized spacial score (nSPS) is 21.0. The molecule has 0 amide bonds. The maximum Gasteiger partial charge on any atom is 0.337 e. The average molecular weight is 355 g/mol. The average Bonchev–Trinajstić information content (AvgIpc) is 3.05. The van der Waals surface area contributed by atoms with Gasteiger partial charge in [0.05, 0.1) is 30.8 Å². The zero-order valence-corrected chi connectivity index (χ0v) is 14.3. The summed E-state index contributed by atoms with van der Waals surface area (Å²) < 4.78 is 43.7. The number of ether oxygens (including phenoxy) is 3. The Balaban J connectivity index is 1.67. The molecule has 0 radical (unpaired) electrons. The topological polar surface area (TPSA) is 90.9 Å². The van der Waals surface area contributed by atoms with Gasteiger partial charge in [0, 0.05) is 18.9 Å². The van der Waals surface area contributed by atoms with E-state index >= 15 is 0 Å². The predicted molar refractivity (Wildman–Crippen MR) is 85.0 cm³/mol. The maximum atomic E-state index is 12.6. The molecule has 3 rings (SSSR count). The first-order valence-electron chi connectivity index (χ1n) is 7.93. The third-order valence-corrected chi connectivity index (χ3v) is 5.97. The molecule has 1 aliphatic heterocycles. The van der Waals surface area contributed by atoms with Gasteiger partial charge < -0.3 is 14.2 Å². The van der Waals surface area contributed by atoms with E-state index in [9.17, 15) is 13.2 Å². The molecule has 1 saturated heterocycles. The Labute approximate surface area is 141 Å². The van der Waals surface area contributed by atoms with Crippen LogP contribution in [0.2, 0.25) is 0 Å². The molecule has 1 heterocycles. The predicted octanol–water partition coefficient (Wildman–Crippen LogP) is 1.44. The molecule has 1 aliphatic carbocycles. The second kappa shape index (κ2) is 6.79. The van der Waals surface area contributed by atoms with Crippen LogP contribution in [0.1, 0.15) is 36.0 Å². The van der Waals surface area contributed by atoms with Gasteiger partial charge in [-0.15, -0.1) is 0 Å². The molecule has 2 fully saturated rings. The Morgan fingerprint density at radius 3 is 2.54 bits per heavy atom. The van der Waals surface area contributed by atoms with E-state index in [1.54, 1.807) is 0 Å². The van der Waals surface area contributed by atoms with Gasteiger partial charge in [-0.2, -0.15) is 0 Å². The molecule has 1 aromatic rings. The molecule has 0 bridgehead atoms. The minimum Gasteiger partial charge on any atom is -0.465 e. The highest BCUT2D eigenvalue weighted by Gasteiger charge is 2.41. The second-order valence-corrected chi connectivity index (χ2v) is 7.74. The minimum atomic E-state index is -3.70. The van der Waals surface area contributed by atoms with Crippen molar-refractivity contribution in [3.63, 3.8) is 0 Å². The summed E-state index contributed by atoms with van der Waals surface area (Å²) in [6, 6.07) is 5.65. The summed E-state index contributed by atoms with van der Waals surface area (Å²) >= 11 is 0. The fourth-order valence-electron chi connectivity index (χ4n) is 3.16. The molecule has 1 spiro atoms. The smallest absolute Gasteiger partial charge is 0.337 e. The summed E-state index contributed by atoms with van der Waals surface area (Å²) in [4.78, 5) is 11.6. The number of rotatable bonds is 4. The van der Waals surface area contributed by atoms with Crippen molar-refractivity contribution in [2.24, 2.45) is 0 Å². The van der Waals surface area contributed by atoms with Crippen LogP contribution in [-0.4, -0.2) is 46.5 Å². The van der Waals surface area contributed by atoms with Gasteiger partial charge in [-0.25, -0.2) is 17.9 Å². The van der Waals surface area contributed by atoms with Crippen LogP contribution in [0.15, 0.2) is 29.2 Å². The highest BCUT2D eigenvalue weighted by atomic mass is 32.2. The van der Waals surface area contributed by atoms with Gasteiger partial charge in [0.2, 0.25) is 10.0 Å². The Hall–Kier alpha value is -1.48. The first-order valence-corrected chi connectivity index (χ1v) is 9.41. The van der Waals surface area contributed by atoms with Crippen molar-refractivity contribution in [3.05, 3.63) is 29.8 Å². The molecule has 1 saturated carbocycles. The maximum absolute atomic E-state index is 12.6. The van der Waals surface area contributed by atoms with Crippen LogP contribution in [0.25, 0.3) is 0 Å². The van der Waals surface area contributed by atoms with Crippen molar-refractivity contribution in [1.29, 1.82) is 0 Å². The van der Waals surface area contributed by atoms with E-state index < -0.39 is 21.8 Å². The van der Waals surface area contributed by atoms with Gasteiger partial charge >= 0.3 is 5.97 Å². The number of sulfonamides is 1. The third kappa shape index (κ3) is 3.61. The number of carbonyl (C=O) groups is 1. The molecule has 24 heavy (non-hydrogen) atoms. The zero-order chi connectivity index (χ0) is 17.2. The lowest BCUT2D eigenvalue weighted by atomic mass is 9.91. The van der Waals surface area contributed by atoms with Crippen molar-refractivity contribution in [1.82, 2.24) is 4.72 Å². The second-order valence-electron chi connectivity index (χ2n) is 6.02. The van der Waals surface area contributed by atoms with Crippen LogP contribution >= 0.6 is 0 Å². The molecule has 0 unspecified atom stereocenters. The van der Waals surface area contributed by atoms with Crippen molar-refractivity contribution in [2.75, 3.05) is 20.3 Å². The SMILES string of the molecule is COC(=O)c1cccc(S(=O)(=O)NC2CCC3(CC2)OCCO3)c1. The third-order valence-electron chi connectivity index (χ3n) is 4.45. The molecule has 0 aromatic heterocycles. The van der Waals surface area contributed by atoms with Gasteiger partial charge in [0.25, 0.3) is 0 Å². The summed E-state index contributed by atoms with van der Waals surface area (Å²) in [7, 11) is -2.44. The van der Waals surface area contributed by atoms with Crippen LogP contribution < -0.4 is 4.72 Å². The molecule has 0 atom stereocenters. The zero-order valence-electron chi connectivity index (χ0n) is 13.5. The van der Waals surface area contributed by atoms with Crippen molar-refractivity contribution in [3.8, 4) is 0 Å². The molecule has 1 N–H and O–H groups in total. The largest absolute Gasteiger partial charge is 0.465 e. The number of methoxy groups -OCH3 is 1. The van der Waals surface area contributed by atoms with E-state index in [-0.39, 0.29) is 16.5 Å². The van der Waals surface area contributed by atoms with Gasteiger partial charge in [0.15, 0.2) is 5.79 Å². The highest BCUT2D eigenvalue weighted by Crippen LogP contribution is 2.36.